The molecule has 0 aliphatic heterocycles. The van der Waals surface area contributed by atoms with Gasteiger partial charge in [0.05, 0.1) is 24.3 Å². The SMILES string of the molecule is N#Cc1cnc2cc(CO)c(CO)cc2c1S. The maximum absolute atomic E-state index is 9.20. The number of thiol groups is 1. The number of aliphatic hydroxyl groups is 2. The van der Waals surface area contributed by atoms with Gasteiger partial charge in [0, 0.05) is 16.5 Å². The van der Waals surface area contributed by atoms with Crippen LogP contribution in [0, 0.1) is 11.3 Å². The number of nitrogens with zero attached hydrogens (tertiary/aromatic N) is 2. The molecule has 2 aromatic rings. The van der Waals surface area contributed by atoms with E-state index in [0.717, 1.165) is 0 Å². The van der Waals surface area contributed by atoms with E-state index in [0.29, 0.717) is 32.5 Å². The summed E-state index contributed by atoms with van der Waals surface area (Å²) >= 11 is 4.29. The van der Waals surface area contributed by atoms with Crippen molar-refractivity contribution in [3.63, 3.8) is 0 Å². The molecule has 0 saturated carbocycles. The normalized spacial score (nSPS) is 10.5. The molecule has 0 fully saturated rings. The molecule has 1 aromatic heterocycles. The number of rotatable bonds is 2. The lowest BCUT2D eigenvalue weighted by molar-refractivity contribution is 0.260. The Morgan fingerprint density at radius 2 is 1.88 bits per heavy atom. The van der Waals surface area contributed by atoms with Gasteiger partial charge in [0.2, 0.25) is 0 Å². The van der Waals surface area contributed by atoms with Gasteiger partial charge in [0.1, 0.15) is 6.07 Å². The van der Waals surface area contributed by atoms with E-state index in [1.165, 1.54) is 6.20 Å². The Morgan fingerprint density at radius 1 is 1.24 bits per heavy atom. The molecule has 0 aliphatic rings. The van der Waals surface area contributed by atoms with Crippen LogP contribution < -0.4 is 0 Å². The summed E-state index contributed by atoms with van der Waals surface area (Å²) in [7, 11) is 0. The van der Waals surface area contributed by atoms with Gasteiger partial charge in [-0.1, -0.05) is 0 Å². The number of hydrogen-bond acceptors (Lipinski definition) is 5. The molecule has 0 bridgehead atoms. The molecule has 86 valence electrons. The van der Waals surface area contributed by atoms with E-state index in [2.05, 4.69) is 17.6 Å². The fraction of sp³-hybridized carbons (Fsp3) is 0.167. The first kappa shape index (κ1) is 11.9. The van der Waals surface area contributed by atoms with Gasteiger partial charge in [-0.15, -0.1) is 12.6 Å². The van der Waals surface area contributed by atoms with Crippen LogP contribution in [-0.2, 0) is 13.2 Å². The Morgan fingerprint density at radius 3 is 2.47 bits per heavy atom. The Hall–Kier alpha value is -1.61. The summed E-state index contributed by atoms with van der Waals surface area (Å²) in [6.07, 6.45) is 1.45. The van der Waals surface area contributed by atoms with Gasteiger partial charge >= 0.3 is 0 Å². The highest BCUT2D eigenvalue weighted by Gasteiger charge is 2.09. The van der Waals surface area contributed by atoms with Crippen molar-refractivity contribution in [3.05, 3.63) is 35.0 Å². The van der Waals surface area contributed by atoms with Crippen LogP contribution in [-0.4, -0.2) is 15.2 Å². The third-order valence-corrected chi connectivity index (χ3v) is 3.10. The highest BCUT2D eigenvalue weighted by molar-refractivity contribution is 7.80. The van der Waals surface area contributed by atoms with E-state index in [1.54, 1.807) is 12.1 Å². The van der Waals surface area contributed by atoms with E-state index in [-0.39, 0.29) is 13.2 Å². The lowest BCUT2D eigenvalue weighted by Gasteiger charge is -2.09. The van der Waals surface area contributed by atoms with Crippen LogP contribution in [0.4, 0.5) is 0 Å². The maximum atomic E-state index is 9.20. The summed E-state index contributed by atoms with van der Waals surface area (Å²) in [5.41, 5.74) is 2.29. The summed E-state index contributed by atoms with van der Waals surface area (Å²) in [6.45, 7) is -0.328. The Labute approximate surface area is 104 Å². The molecule has 0 amide bonds. The second kappa shape index (κ2) is 4.72. The number of fused-ring (bicyclic) bond motifs is 1. The number of benzene rings is 1. The average molecular weight is 246 g/mol. The lowest BCUT2D eigenvalue weighted by Crippen LogP contribution is -1.96. The second-order valence-corrected chi connectivity index (χ2v) is 4.03. The van der Waals surface area contributed by atoms with Crippen molar-refractivity contribution in [1.82, 2.24) is 4.98 Å². The Bertz CT molecular complexity index is 620. The van der Waals surface area contributed by atoms with Crippen molar-refractivity contribution < 1.29 is 10.2 Å². The molecule has 2 N–H and O–H groups in total. The molecular formula is C12H10N2O2S. The molecule has 0 saturated heterocycles. The number of aromatic nitrogens is 1. The van der Waals surface area contributed by atoms with Crippen LogP contribution in [0.25, 0.3) is 10.9 Å². The summed E-state index contributed by atoms with van der Waals surface area (Å²) < 4.78 is 0. The fourth-order valence-electron chi connectivity index (χ4n) is 1.69. The molecule has 0 atom stereocenters. The Balaban J connectivity index is 2.80. The quantitative estimate of drug-likeness (QED) is 0.700. The minimum atomic E-state index is -0.171. The van der Waals surface area contributed by atoms with Crippen molar-refractivity contribution in [1.29, 1.82) is 5.26 Å². The summed E-state index contributed by atoms with van der Waals surface area (Å²) in [6, 6.07) is 5.40. The minimum Gasteiger partial charge on any atom is -0.392 e. The molecule has 0 radical (unpaired) electrons. The number of hydrogen-bond donors (Lipinski definition) is 3. The van der Waals surface area contributed by atoms with E-state index in [4.69, 9.17) is 10.4 Å². The van der Waals surface area contributed by atoms with Gasteiger partial charge in [-0.05, 0) is 23.3 Å². The van der Waals surface area contributed by atoms with Crippen LogP contribution in [0.5, 0.6) is 0 Å². The fourth-order valence-corrected chi connectivity index (χ4v) is 1.98. The zero-order chi connectivity index (χ0) is 12.4. The molecule has 1 heterocycles. The predicted octanol–water partition coefficient (Wildman–Crippen LogP) is 1.38. The van der Waals surface area contributed by atoms with Crippen LogP contribution in [0.3, 0.4) is 0 Å². The van der Waals surface area contributed by atoms with Crippen molar-refractivity contribution >= 4 is 23.5 Å². The monoisotopic (exact) mass is 246 g/mol. The largest absolute Gasteiger partial charge is 0.392 e. The molecule has 1 aromatic carbocycles. The summed E-state index contributed by atoms with van der Waals surface area (Å²) in [5.74, 6) is 0. The van der Waals surface area contributed by atoms with Crippen LogP contribution >= 0.6 is 12.6 Å². The molecule has 0 aliphatic carbocycles. The van der Waals surface area contributed by atoms with Crippen LogP contribution in [0.1, 0.15) is 16.7 Å². The standard InChI is InChI=1S/C12H10N2O2S/c13-3-9-4-14-11-2-8(6-16)7(5-15)1-10(11)12(9)17/h1-2,4,15-16H,5-6H2,(H,14,17). The molecule has 0 unspecified atom stereocenters. The summed E-state index contributed by atoms with van der Waals surface area (Å²) in [5, 5.41) is 28.0. The zero-order valence-electron chi connectivity index (χ0n) is 8.88. The van der Waals surface area contributed by atoms with Gasteiger partial charge in [-0.3, -0.25) is 4.98 Å². The van der Waals surface area contributed by atoms with Gasteiger partial charge in [0.15, 0.2) is 0 Å². The lowest BCUT2D eigenvalue weighted by atomic mass is 10.0. The molecule has 17 heavy (non-hydrogen) atoms. The van der Waals surface area contributed by atoms with Crippen molar-refractivity contribution in [2.75, 3.05) is 0 Å². The third kappa shape index (κ3) is 1.98. The van der Waals surface area contributed by atoms with E-state index in [1.807, 2.05) is 6.07 Å². The molecular weight excluding hydrogens is 236 g/mol. The first-order valence-electron chi connectivity index (χ1n) is 4.96. The molecule has 4 nitrogen and oxygen atoms in total. The molecule has 2 rings (SSSR count). The van der Waals surface area contributed by atoms with Gasteiger partial charge < -0.3 is 10.2 Å². The van der Waals surface area contributed by atoms with Crippen LogP contribution in [0.15, 0.2) is 23.2 Å². The van der Waals surface area contributed by atoms with E-state index in [9.17, 15) is 5.11 Å². The number of pyridine rings is 1. The van der Waals surface area contributed by atoms with Crippen molar-refractivity contribution in [2.24, 2.45) is 0 Å². The molecule has 5 heteroatoms. The topological polar surface area (TPSA) is 77.1 Å². The van der Waals surface area contributed by atoms with Crippen molar-refractivity contribution in [2.45, 2.75) is 18.1 Å². The zero-order valence-corrected chi connectivity index (χ0v) is 9.78. The first-order valence-corrected chi connectivity index (χ1v) is 5.41. The van der Waals surface area contributed by atoms with Gasteiger partial charge in [0.25, 0.3) is 0 Å². The van der Waals surface area contributed by atoms with Crippen LogP contribution in [0.2, 0.25) is 0 Å². The Kier molecular flexibility index (Phi) is 3.29. The highest BCUT2D eigenvalue weighted by atomic mass is 32.1. The first-order chi connectivity index (χ1) is 8.21. The third-order valence-electron chi connectivity index (χ3n) is 2.62. The summed E-state index contributed by atoms with van der Waals surface area (Å²) in [4.78, 5) is 4.67. The average Bonchev–Trinajstić information content (AvgIpc) is 2.38. The minimum absolute atomic E-state index is 0.157. The second-order valence-electron chi connectivity index (χ2n) is 3.59. The maximum Gasteiger partial charge on any atom is 0.102 e. The van der Waals surface area contributed by atoms with E-state index >= 15 is 0 Å². The number of nitriles is 1. The van der Waals surface area contributed by atoms with E-state index < -0.39 is 0 Å². The van der Waals surface area contributed by atoms with Gasteiger partial charge in [-0.25, -0.2) is 0 Å². The predicted molar refractivity (Wildman–Crippen MR) is 65.6 cm³/mol. The smallest absolute Gasteiger partial charge is 0.102 e. The van der Waals surface area contributed by atoms with Crippen molar-refractivity contribution in [3.8, 4) is 6.07 Å². The molecule has 0 spiro atoms. The van der Waals surface area contributed by atoms with Gasteiger partial charge in [-0.2, -0.15) is 5.26 Å². The number of aliphatic hydroxyl groups excluding tert-OH is 2. The highest BCUT2D eigenvalue weighted by Crippen LogP contribution is 2.26.